The zero-order valence-electron chi connectivity index (χ0n) is 21.3. The lowest BCUT2D eigenvalue weighted by Gasteiger charge is -2.36. The Balaban J connectivity index is 2.88. The summed E-state index contributed by atoms with van der Waals surface area (Å²) >= 11 is 1.09. The largest absolute Gasteiger partial charge is 0.476 e. The Hall–Kier alpha value is -2.04. The molecule has 0 spiro atoms. The Morgan fingerprint density at radius 2 is 1.85 bits per heavy atom. The fraction of sp³-hybridized carbons (Fsp3) is 0.750. The van der Waals surface area contributed by atoms with E-state index < -0.39 is 18.1 Å². The molecular weight excluding hydrogens is 456 g/mol. The number of nitrogens with one attached hydrogen (secondary N) is 2. The number of aliphatic hydroxyl groups excluding tert-OH is 1. The summed E-state index contributed by atoms with van der Waals surface area (Å²) in [6.45, 7) is 8.79. The van der Waals surface area contributed by atoms with E-state index in [1.165, 1.54) is 5.38 Å². The molecule has 1 aromatic heterocycles. The zero-order valence-corrected chi connectivity index (χ0v) is 22.2. The number of unbranched alkanes of at least 4 members (excludes halogenated alkanes) is 2. The van der Waals surface area contributed by atoms with Crippen molar-refractivity contribution in [3.63, 3.8) is 0 Å². The number of carbonyl (C=O) groups is 3. The topological polar surface area (TPSA) is 132 Å². The SMILES string of the molecule is CC[C@H](C)[C@H](NC(=O)CCCCCNC)C(=O)N(C)[C@H](CC(O)c1nc(C(=O)O)cs1)C(C)C. The van der Waals surface area contributed by atoms with Crippen LogP contribution in [0.3, 0.4) is 0 Å². The van der Waals surface area contributed by atoms with E-state index in [9.17, 15) is 19.5 Å². The van der Waals surface area contributed by atoms with Crippen LogP contribution < -0.4 is 10.6 Å². The van der Waals surface area contributed by atoms with Crippen LogP contribution in [-0.4, -0.2) is 70.6 Å². The maximum atomic E-state index is 13.5. The van der Waals surface area contributed by atoms with E-state index in [1.807, 2.05) is 34.7 Å². The fourth-order valence-corrected chi connectivity index (χ4v) is 4.61. The predicted molar refractivity (Wildman–Crippen MR) is 134 cm³/mol. The van der Waals surface area contributed by atoms with Crippen LogP contribution in [0.15, 0.2) is 5.38 Å². The highest BCUT2D eigenvalue weighted by atomic mass is 32.1. The number of carbonyl (C=O) groups excluding carboxylic acids is 2. The molecule has 0 saturated heterocycles. The Morgan fingerprint density at radius 3 is 2.38 bits per heavy atom. The maximum Gasteiger partial charge on any atom is 0.355 e. The van der Waals surface area contributed by atoms with Gasteiger partial charge in [0.1, 0.15) is 17.2 Å². The highest BCUT2D eigenvalue weighted by Gasteiger charge is 2.34. The molecule has 1 aromatic rings. The first-order chi connectivity index (χ1) is 16.0. The molecule has 0 aromatic carbocycles. The van der Waals surface area contributed by atoms with Crippen LogP contribution in [0.5, 0.6) is 0 Å². The van der Waals surface area contributed by atoms with Gasteiger partial charge in [-0.05, 0) is 38.3 Å². The molecule has 0 radical (unpaired) electrons. The second-order valence-corrected chi connectivity index (χ2v) is 10.1. The minimum absolute atomic E-state index is 0.0305. The minimum atomic E-state index is -1.14. The third-order valence-corrected chi connectivity index (χ3v) is 7.18. The number of likely N-dealkylation sites (N-methyl/N-ethyl adjacent to an activating group) is 1. The number of nitrogens with zero attached hydrogens (tertiary/aromatic N) is 2. The molecule has 0 aliphatic carbocycles. The average Bonchev–Trinajstić information content (AvgIpc) is 3.30. The minimum Gasteiger partial charge on any atom is -0.476 e. The second-order valence-electron chi connectivity index (χ2n) is 9.23. The molecular formula is C24H42N4O5S. The quantitative estimate of drug-likeness (QED) is 0.258. The van der Waals surface area contributed by atoms with Gasteiger partial charge in [0.05, 0.1) is 0 Å². The van der Waals surface area contributed by atoms with E-state index >= 15 is 0 Å². The van der Waals surface area contributed by atoms with E-state index in [1.54, 1.807) is 11.9 Å². The molecule has 34 heavy (non-hydrogen) atoms. The van der Waals surface area contributed by atoms with Crippen molar-refractivity contribution < 1.29 is 24.6 Å². The van der Waals surface area contributed by atoms with E-state index in [-0.39, 0.29) is 41.8 Å². The van der Waals surface area contributed by atoms with Gasteiger partial charge in [0, 0.05) is 31.3 Å². The Labute approximate surface area is 207 Å². The lowest BCUT2D eigenvalue weighted by Crippen LogP contribution is -2.54. The number of carboxylic acid groups (broad SMARTS) is 1. The maximum absolute atomic E-state index is 13.5. The number of amides is 2. The monoisotopic (exact) mass is 498 g/mol. The molecule has 0 fully saturated rings. The number of hydrogen-bond acceptors (Lipinski definition) is 7. The smallest absolute Gasteiger partial charge is 0.355 e. The first-order valence-corrected chi connectivity index (χ1v) is 13.0. The van der Waals surface area contributed by atoms with E-state index in [0.29, 0.717) is 11.4 Å². The van der Waals surface area contributed by atoms with Crippen LogP contribution in [0.25, 0.3) is 0 Å². The Morgan fingerprint density at radius 1 is 1.18 bits per heavy atom. The Kier molecular flexibility index (Phi) is 13.3. The number of aliphatic hydroxyl groups is 1. The summed E-state index contributed by atoms with van der Waals surface area (Å²) in [4.78, 5) is 42.8. The van der Waals surface area contributed by atoms with Gasteiger partial charge in [-0.2, -0.15) is 0 Å². The highest BCUT2D eigenvalue weighted by molar-refractivity contribution is 7.09. The van der Waals surface area contributed by atoms with Crippen molar-refractivity contribution in [2.45, 2.75) is 84.4 Å². The third-order valence-electron chi connectivity index (χ3n) is 6.23. The zero-order chi connectivity index (χ0) is 25.8. The number of aromatic carboxylic acids is 1. The predicted octanol–water partition coefficient (Wildman–Crippen LogP) is 3.06. The van der Waals surface area contributed by atoms with Crippen LogP contribution >= 0.6 is 11.3 Å². The molecule has 4 atom stereocenters. The summed E-state index contributed by atoms with van der Waals surface area (Å²) in [7, 11) is 3.60. The average molecular weight is 499 g/mol. The van der Waals surface area contributed by atoms with Gasteiger partial charge in [0.25, 0.3) is 0 Å². The van der Waals surface area contributed by atoms with Crippen LogP contribution in [-0.2, 0) is 9.59 Å². The normalized spacial score (nSPS) is 14.9. The molecule has 1 unspecified atom stereocenters. The summed E-state index contributed by atoms with van der Waals surface area (Å²) in [6, 6.07) is -0.957. The van der Waals surface area contributed by atoms with Crippen LogP contribution in [0.2, 0.25) is 0 Å². The van der Waals surface area contributed by atoms with Crippen LogP contribution in [0, 0.1) is 11.8 Å². The van der Waals surface area contributed by atoms with Crippen LogP contribution in [0.4, 0.5) is 0 Å². The number of carboxylic acids is 1. The summed E-state index contributed by atoms with van der Waals surface area (Å²) in [5, 5.41) is 27.5. The summed E-state index contributed by atoms with van der Waals surface area (Å²) in [5.41, 5.74) is -0.102. The number of aromatic nitrogens is 1. The summed E-state index contributed by atoms with van der Waals surface area (Å²) in [6.07, 6.45) is 3.08. The van der Waals surface area contributed by atoms with Gasteiger partial charge >= 0.3 is 5.97 Å². The van der Waals surface area contributed by atoms with Crippen molar-refractivity contribution in [3.05, 3.63) is 16.1 Å². The van der Waals surface area contributed by atoms with E-state index in [4.69, 9.17) is 5.11 Å². The van der Waals surface area contributed by atoms with Crippen molar-refractivity contribution in [3.8, 4) is 0 Å². The second kappa shape index (κ2) is 15.1. The van der Waals surface area contributed by atoms with Gasteiger partial charge in [-0.1, -0.05) is 40.5 Å². The molecule has 194 valence electrons. The fourth-order valence-electron chi connectivity index (χ4n) is 3.82. The van der Waals surface area contributed by atoms with Gasteiger partial charge < -0.3 is 25.7 Å². The van der Waals surface area contributed by atoms with Crippen molar-refractivity contribution in [1.29, 1.82) is 0 Å². The number of thiazole rings is 1. The third kappa shape index (κ3) is 9.31. The van der Waals surface area contributed by atoms with Gasteiger partial charge in [0.15, 0.2) is 5.69 Å². The first-order valence-electron chi connectivity index (χ1n) is 12.1. The molecule has 0 bridgehead atoms. The number of rotatable bonds is 16. The lowest BCUT2D eigenvalue weighted by molar-refractivity contribution is -0.140. The Bertz CT molecular complexity index is 785. The molecule has 0 aliphatic heterocycles. The molecule has 0 saturated carbocycles. The summed E-state index contributed by atoms with van der Waals surface area (Å²) < 4.78 is 0. The van der Waals surface area contributed by atoms with Crippen molar-refractivity contribution >= 4 is 29.1 Å². The van der Waals surface area contributed by atoms with Crippen LogP contribution in [0.1, 0.15) is 87.8 Å². The molecule has 1 heterocycles. The first kappa shape index (κ1) is 30.0. The van der Waals surface area contributed by atoms with Gasteiger partial charge in [0.2, 0.25) is 11.8 Å². The van der Waals surface area contributed by atoms with E-state index in [2.05, 4.69) is 15.6 Å². The summed E-state index contributed by atoms with van der Waals surface area (Å²) in [5.74, 6) is -1.46. The van der Waals surface area contributed by atoms with Crippen molar-refractivity contribution in [2.75, 3.05) is 20.6 Å². The lowest BCUT2D eigenvalue weighted by atomic mass is 9.93. The van der Waals surface area contributed by atoms with Gasteiger partial charge in [-0.25, -0.2) is 9.78 Å². The molecule has 1 rings (SSSR count). The van der Waals surface area contributed by atoms with Crippen molar-refractivity contribution in [2.24, 2.45) is 11.8 Å². The highest BCUT2D eigenvalue weighted by Crippen LogP contribution is 2.27. The van der Waals surface area contributed by atoms with E-state index in [0.717, 1.165) is 43.6 Å². The molecule has 10 heteroatoms. The van der Waals surface area contributed by atoms with Gasteiger partial charge in [-0.15, -0.1) is 11.3 Å². The van der Waals surface area contributed by atoms with Gasteiger partial charge in [-0.3, -0.25) is 9.59 Å². The molecule has 9 nitrogen and oxygen atoms in total. The number of hydrogen-bond donors (Lipinski definition) is 4. The standard InChI is InChI=1S/C24H42N4O5S/c1-7-16(4)21(27-20(30)11-9-8-10-12-25-5)23(31)28(6)18(15(2)3)13-19(29)22-26-17(14-34-22)24(32)33/h14-16,18-19,21,25,29H,7-13H2,1-6H3,(H,27,30)(H,32,33)/t16-,18+,19?,21-/m0/s1. The van der Waals surface area contributed by atoms with Crippen molar-refractivity contribution in [1.82, 2.24) is 20.5 Å². The molecule has 0 aliphatic rings. The molecule has 2 amide bonds. The molecule has 4 N–H and O–H groups in total.